The van der Waals surface area contributed by atoms with Crippen molar-refractivity contribution >= 4 is 15.7 Å². The van der Waals surface area contributed by atoms with Crippen LogP contribution in [0.3, 0.4) is 0 Å². The molecule has 0 bridgehead atoms. The van der Waals surface area contributed by atoms with E-state index in [0.717, 1.165) is 0 Å². The molecule has 1 aromatic rings. The summed E-state index contributed by atoms with van der Waals surface area (Å²) in [5.74, 6) is -0.615. The second-order valence-corrected chi connectivity index (χ2v) is 7.63. The lowest BCUT2D eigenvalue weighted by atomic mass is 10.1. The number of hydrogen-bond acceptors (Lipinski definition) is 4. The average molecular weight is 349 g/mol. The molecule has 1 N–H and O–H groups in total. The zero-order chi connectivity index (χ0) is 17.6. The van der Waals surface area contributed by atoms with Crippen LogP contribution in [0.1, 0.15) is 38.8 Å². The predicted molar refractivity (Wildman–Crippen MR) is 83.2 cm³/mol. The number of carbonyl (C=O) groups is 1. The van der Waals surface area contributed by atoms with Crippen LogP contribution in [0, 0.1) is 0 Å². The van der Waals surface area contributed by atoms with Crippen molar-refractivity contribution in [3.8, 4) is 5.75 Å². The van der Waals surface area contributed by atoms with Crippen LogP contribution in [0.2, 0.25) is 0 Å². The number of rotatable bonds is 8. The maximum absolute atomic E-state index is 12.1. The first-order chi connectivity index (χ1) is 10.7. The number of amides is 1. The summed E-state index contributed by atoms with van der Waals surface area (Å²) in [5, 5.41) is 1.48. The molecular formula is C15H21F2NO4S. The minimum Gasteiger partial charge on any atom is -0.435 e. The van der Waals surface area contributed by atoms with Gasteiger partial charge in [-0.25, -0.2) is 8.42 Å². The first kappa shape index (κ1) is 19.3. The maximum atomic E-state index is 12.1. The molecular weight excluding hydrogens is 328 g/mol. The largest absolute Gasteiger partial charge is 0.435 e. The second kappa shape index (κ2) is 8.24. The van der Waals surface area contributed by atoms with Gasteiger partial charge in [-0.05, 0) is 38.0 Å². The number of nitrogens with one attached hydrogen (secondary N) is 1. The maximum Gasteiger partial charge on any atom is 0.387 e. The number of carbonyl (C=O) groups excluding carboxylic acids is 1. The number of sulfone groups is 1. The van der Waals surface area contributed by atoms with Crippen molar-refractivity contribution in [2.24, 2.45) is 0 Å². The van der Waals surface area contributed by atoms with Gasteiger partial charge in [0.1, 0.15) is 11.0 Å². The van der Waals surface area contributed by atoms with Crippen LogP contribution in [0.15, 0.2) is 24.3 Å². The quantitative estimate of drug-likeness (QED) is 0.783. The van der Waals surface area contributed by atoms with Crippen LogP contribution in [-0.4, -0.2) is 31.9 Å². The molecule has 0 saturated carbocycles. The van der Waals surface area contributed by atoms with Crippen molar-refractivity contribution in [1.82, 2.24) is 5.32 Å². The molecule has 8 heteroatoms. The van der Waals surface area contributed by atoms with Crippen LogP contribution >= 0.6 is 0 Å². The van der Waals surface area contributed by atoms with Gasteiger partial charge in [0.05, 0.1) is 11.8 Å². The topological polar surface area (TPSA) is 72.5 Å². The summed E-state index contributed by atoms with van der Waals surface area (Å²) in [6.45, 7) is 1.86. The van der Waals surface area contributed by atoms with Crippen LogP contribution in [0.4, 0.5) is 8.78 Å². The van der Waals surface area contributed by atoms with Crippen LogP contribution in [0.25, 0.3) is 0 Å². The first-order valence-electron chi connectivity index (χ1n) is 7.24. The van der Waals surface area contributed by atoms with E-state index in [1.807, 2.05) is 0 Å². The Hall–Kier alpha value is -1.70. The monoisotopic (exact) mass is 349 g/mol. The van der Waals surface area contributed by atoms with Gasteiger partial charge in [0.25, 0.3) is 0 Å². The lowest BCUT2D eigenvalue weighted by molar-refractivity contribution is -0.121. The van der Waals surface area contributed by atoms with E-state index < -0.39 is 33.6 Å². The van der Waals surface area contributed by atoms with E-state index in [1.54, 1.807) is 13.8 Å². The molecule has 0 radical (unpaired) electrons. The molecule has 0 heterocycles. The molecule has 5 nitrogen and oxygen atoms in total. The number of alkyl halides is 2. The van der Waals surface area contributed by atoms with E-state index in [0.29, 0.717) is 12.0 Å². The van der Waals surface area contributed by atoms with E-state index in [4.69, 9.17) is 0 Å². The summed E-state index contributed by atoms with van der Waals surface area (Å²) in [5.41, 5.74) is 0.653. The molecule has 130 valence electrons. The Balaban J connectivity index is 2.71. The highest BCUT2D eigenvalue weighted by Crippen LogP contribution is 2.19. The predicted octanol–water partition coefficient (Wildman–Crippen LogP) is 2.68. The van der Waals surface area contributed by atoms with Crippen LogP contribution in [-0.2, 0) is 14.6 Å². The minimum atomic E-state index is -3.47. The molecule has 0 spiro atoms. The zero-order valence-corrected chi connectivity index (χ0v) is 14.1. The van der Waals surface area contributed by atoms with Crippen molar-refractivity contribution in [3.63, 3.8) is 0 Å². The summed E-state index contributed by atoms with van der Waals surface area (Å²) >= 11 is 0. The summed E-state index contributed by atoms with van der Waals surface area (Å²) in [6.07, 6.45) is 0.446. The van der Waals surface area contributed by atoms with E-state index in [-0.39, 0.29) is 11.5 Å². The smallest absolute Gasteiger partial charge is 0.387 e. The summed E-state index contributed by atoms with van der Waals surface area (Å²) < 4.78 is 52.2. The Bertz CT molecular complexity index is 617. The SMILES string of the molecule is CCCS(=O)(=O)[C@H](C)C(=O)N[C@@H](C)c1ccc(OC(F)F)cc1. The minimum absolute atomic E-state index is 0.0150. The molecule has 2 atom stereocenters. The Labute approximate surface area is 134 Å². The first-order valence-corrected chi connectivity index (χ1v) is 8.95. The Morgan fingerprint density at radius 2 is 1.78 bits per heavy atom. The number of benzene rings is 1. The molecule has 1 amide bonds. The van der Waals surface area contributed by atoms with Gasteiger partial charge in [-0.3, -0.25) is 4.79 Å². The third kappa shape index (κ3) is 5.78. The van der Waals surface area contributed by atoms with Gasteiger partial charge in [-0.15, -0.1) is 0 Å². The zero-order valence-electron chi connectivity index (χ0n) is 13.3. The van der Waals surface area contributed by atoms with Crippen molar-refractivity contribution in [1.29, 1.82) is 0 Å². The molecule has 1 rings (SSSR count). The van der Waals surface area contributed by atoms with Crippen LogP contribution < -0.4 is 10.1 Å². The van der Waals surface area contributed by atoms with Gasteiger partial charge in [-0.2, -0.15) is 8.78 Å². The highest BCUT2D eigenvalue weighted by Gasteiger charge is 2.28. The Morgan fingerprint density at radius 1 is 1.22 bits per heavy atom. The van der Waals surface area contributed by atoms with Crippen molar-refractivity contribution in [3.05, 3.63) is 29.8 Å². The molecule has 23 heavy (non-hydrogen) atoms. The molecule has 0 aliphatic rings. The molecule has 0 aliphatic carbocycles. The van der Waals surface area contributed by atoms with E-state index >= 15 is 0 Å². The lowest BCUT2D eigenvalue weighted by Crippen LogP contribution is -2.40. The fourth-order valence-electron chi connectivity index (χ4n) is 1.98. The van der Waals surface area contributed by atoms with E-state index in [2.05, 4.69) is 10.1 Å². The highest BCUT2D eigenvalue weighted by molar-refractivity contribution is 7.92. The highest BCUT2D eigenvalue weighted by atomic mass is 32.2. The molecule has 0 aliphatic heterocycles. The fourth-order valence-corrected chi connectivity index (χ4v) is 3.29. The van der Waals surface area contributed by atoms with Gasteiger partial charge < -0.3 is 10.1 Å². The van der Waals surface area contributed by atoms with Gasteiger partial charge in [0.2, 0.25) is 5.91 Å². The van der Waals surface area contributed by atoms with E-state index in [9.17, 15) is 22.0 Å². The van der Waals surface area contributed by atoms with Crippen molar-refractivity contribution in [2.75, 3.05) is 5.75 Å². The Kier molecular flexibility index (Phi) is 6.93. The van der Waals surface area contributed by atoms with Gasteiger partial charge >= 0.3 is 6.61 Å². The van der Waals surface area contributed by atoms with Gasteiger partial charge in [0, 0.05) is 0 Å². The third-order valence-electron chi connectivity index (χ3n) is 3.36. The van der Waals surface area contributed by atoms with Crippen LogP contribution in [0.5, 0.6) is 5.75 Å². The molecule has 0 unspecified atom stereocenters. The van der Waals surface area contributed by atoms with Crippen molar-refractivity contribution < 1.29 is 26.7 Å². The molecule has 1 aromatic carbocycles. The number of ether oxygens (including phenoxy) is 1. The molecule has 0 saturated heterocycles. The number of hydrogen-bond donors (Lipinski definition) is 1. The summed E-state index contributed by atoms with van der Waals surface area (Å²) in [6, 6.07) is 5.34. The summed E-state index contributed by atoms with van der Waals surface area (Å²) in [7, 11) is -3.47. The second-order valence-electron chi connectivity index (χ2n) is 5.19. The van der Waals surface area contributed by atoms with Crippen molar-refractivity contribution in [2.45, 2.75) is 45.1 Å². The molecule has 0 aromatic heterocycles. The van der Waals surface area contributed by atoms with Gasteiger partial charge in [-0.1, -0.05) is 19.1 Å². The fraction of sp³-hybridized carbons (Fsp3) is 0.533. The Morgan fingerprint density at radius 3 is 2.26 bits per heavy atom. The average Bonchev–Trinajstić information content (AvgIpc) is 2.46. The molecule has 0 fully saturated rings. The van der Waals surface area contributed by atoms with Gasteiger partial charge in [0.15, 0.2) is 9.84 Å². The lowest BCUT2D eigenvalue weighted by Gasteiger charge is -2.18. The third-order valence-corrected chi connectivity index (χ3v) is 5.63. The number of halogens is 2. The van der Waals surface area contributed by atoms with E-state index in [1.165, 1.54) is 31.2 Å². The summed E-state index contributed by atoms with van der Waals surface area (Å²) in [4.78, 5) is 12.0. The normalized spacial score (nSPS) is 14.3. The standard InChI is InChI=1S/C15H21F2NO4S/c1-4-9-23(20,21)11(3)14(19)18-10(2)12-5-7-13(8-6-12)22-15(16)17/h5-8,10-11,15H,4,9H2,1-3H3,(H,18,19)/t10-,11+/m0/s1.